The van der Waals surface area contributed by atoms with E-state index in [9.17, 15) is 0 Å². The van der Waals surface area contributed by atoms with Crippen molar-refractivity contribution in [2.75, 3.05) is 13.1 Å². The van der Waals surface area contributed by atoms with Crippen LogP contribution in [0.5, 0.6) is 0 Å². The summed E-state index contributed by atoms with van der Waals surface area (Å²) in [5.41, 5.74) is 2.03. The van der Waals surface area contributed by atoms with Crippen LogP contribution in [-0.2, 0) is 6.67 Å². The summed E-state index contributed by atoms with van der Waals surface area (Å²) in [6.07, 6.45) is 4.25. The van der Waals surface area contributed by atoms with Crippen LogP contribution in [-0.4, -0.2) is 37.2 Å². The van der Waals surface area contributed by atoms with Gasteiger partial charge in [0.15, 0.2) is 5.65 Å². The fourth-order valence-corrected chi connectivity index (χ4v) is 5.03. The van der Waals surface area contributed by atoms with Crippen molar-refractivity contribution >= 4 is 39.4 Å². The molecule has 132 valence electrons. The van der Waals surface area contributed by atoms with Gasteiger partial charge in [0.2, 0.25) is 4.77 Å². The minimum absolute atomic E-state index is 0.567. The van der Waals surface area contributed by atoms with Crippen molar-refractivity contribution in [3.63, 3.8) is 0 Å². The molecule has 5 nitrogen and oxygen atoms in total. The first kappa shape index (κ1) is 16.1. The van der Waals surface area contributed by atoms with E-state index in [4.69, 9.17) is 17.2 Å². The summed E-state index contributed by atoms with van der Waals surface area (Å²) < 4.78 is 5.95. The summed E-state index contributed by atoms with van der Waals surface area (Å²) in [5, 5.41) is 5.92. The molecule has 0 aliphatic carbocycles. The molecule has 1 fully saturated rings. The fourth-order valence-electron chi connectivity index (χ4n) is 3.64. The molecule has 1 aliphatic rings. The van der Waals surface area contributed by atoms with Gasteiger partial charge in [0, 0.05) is 25.2 Å². The second-order valence-corrected chi connectivity index (χ2v) is 8.19. The van der Waals surface area contributed by atoms with Gasteiger partial charge in [-0.15, -0.1) is 11.3 Å². The SMILES string of the molecule is S=c1n(CN2CCC(c3nc4ccccc4s3)CC2)nc2ccccn12. The Morgan fingerprint density at radius 1 is 1.08 bits per heavy atom. The zero-order chi connectivity index (χ0) is 17.5. The van der Waals surface area contributed by atoms with Gasteiger partial charge in [-0.25, -0.2) is 9.67 Å². The summed E-state index contributed by atoms with van der Waals surface area (Å²) in [5.74, 6) is 0.567. The van der Waals surface area contributed by atoms with Gasteiger partial charge < -0.3 is 0 Å². The highest BCUT2D eigenvalue weighted by Crippen LogP contribution is 2.33. The zero-order valence-corrected chi connectivity index (χ0v) is 15.9. The van der Waals surface area contributed by atoms with Gasteiger partial charge in [0.1, 0.15) is 0 Å². The number of pyridine rings is 1. The topological polar surface area (TPSA) is 38.4 Å². The van der Waals surface area contributed by atoms with Gasteiger partial charge in [-0.3, -0.25) is 9.30 Å². The van der Waals surface area contributed by atoms with E-state index in [0.717, 1.165) is 48.5 Å². The molecule has 5 rings (SSSR count). The molecule has 0 saturated carbocycles. The van der Waals surface area contributed by atoms with Gasteiger partial charge in [0.05, 0.1) is 21.9 Å². The van der Waals surface area contributed by atoms with Gasteiger partial charge >= 0.3 is 0 Å². The van der Waals surface area contributed by atoms with Gasteiger partial charge in [-0.1, -0.05) is 18.2 Å². The normalized spacial score (nSPS) is 16.6. The molecular weight excluding hydrogens is 362 g/mol. The number of hydrogen-bond acceptors (Lipinski definition) is 5. The summed E-state index contributed by atoms with van der Waals surface area (Å²) in [7, 11) is 0. The Hall–Kier alpha value is -2.09. The molecule has 1 saturated heterocycles. The lowest BCUT2D eigenvalue weighted by Gasteiger charge is -2.30. The average molecular weight is 382 g/mol. The van der Waals surface area contributed by atoms with Crippen LogP contribution >= 0.6 is 23.6 Å². The highest BCUT2D eigenvalue weighted by molar-refractivity contribution is 7.71. The van der Waals surface area contributed by atoms with Gasteiger partial charge in [-0.2, -0.15) is 5.10 Å². The van der Waals surface area contributed by atoms with Crippen LogP contribution in [0, 0.1) is 4.77 Å². The first-order chi connectivity index (χ1) is 12.8. The smallest absolute Gasteiger partial charge is 0.203 e. The lowest BCUT2D eigenvalue weighted by Crippen LogP contribution is -2.34. The third kappa shape index (κ3) is 2.86. The Kier molecular flexibility index (Phi) is 4.07. The van der Waals surface area contributed by atoms with Crippen molar-refractivity contribution in [2.24, 2.45) is 0 Å². The maximum absolute atomic E-state index is 5.56. The molecule has 0 bridgehead atoms. The van der Waals surface area contributed by atoms with E-state index in [0.29, 0.717) is 5.92 Å². The van der Waals surface area contributed by atoms with Gasteiger partial charge in [-0.05, 0) is 49.3 Å². The molecule has 0 amide bonds. The van der Waals surface area contributed by atoms with Crippen LogP contribution in [0.4, 0.5) is 0 Å². The highest BCUT2D eigenvalue weighted by atomic mass is 32.1. The third-order valence-corrected chi connectivity index (χ3v) is 6.68. The number of hydrogen-bond donors (Lipinski definition) is 0. The van der Waals surface area contributed by atoms with Crippen molar-refractivity contribution in [3.05, 3.63) is 58.4 Å². The van der Waals surface area contributed by atoms with E-state index in [-0.39, 0.29) is 0 Å². The Labute approximate surface area is 160 Å². The van der Waals surface area contributed by atoms with Crippen molar-refractivity contribution < 1.29 is 0 Å². The summed E-state index contributed by atoms with van der Waals surface area (Å²) in [6, 6.07) is 14.4. The van der Waals surface area contributed by atoms with Crippen LogP contribution in [0.3, 0.4) is 0 Å². The number of aromatic nitrogens is 4. The quantitative estimate of drug-likeness (QED) is 0.496. The van der Waals surface area contributed by atoms with Crippen LogP contribution in [0.2, 0.25) is 0 Å². The molecule has 1 aromatic carbocycles. The first-order valence-corrected chi connectivity index (χ1v) is 10.1. The Morgan fingerprint density at radius 3 is 2.69 bits per heavy atom. The zero-order valence-electron chi connectivity index (χ0n) is 14.3. The minimum Gasteiger partial charge on any atom is -0.284 e. The van der Waals surface area contributed by atoms with E-state index < -0.39 is 0 Å². The number of thiazole rings is 1. The van der Waals surface area contributed by atoms with E-state index in [1.54, 1.807) is 0 Å². The molecule has 0 spiro atoms. The predicted molar refractivity (Wildman–Crippen MR) is 107 cm³/mol. The lowest BCUT2D eigenvalue weighted by molar-refractivity contribution is 0.160. The molecule has 4 aromatic rings. The predicted octanol–water partition coefficient (Wildman–Crippen LogP) is 4.31. The third-order valence-electron chi connectivity index (χ3n) is 5.07. The molecule has 0 radical (unpaired) electrons. The Morgan fingerprint density at radius 2 is 1.88 bits per heavy atom. The second-order valence-electron chi connectivity index (χ2n) is 6.76. The standard InChI is InChI=1S/C19H19N5S2/c25-19-23-10-4-3-7-17(23)21-24(19)13-22-11-8-14(9-12-22)18-20-15-5-1-2-6-16(15)26-18/h1-7,10,14H,8-9,11-13H2. The number of benzene rings is 1. The summed E-state index contributed by atoms with van der Waals surface area (Å²) in [6.45, 7) is 2.86. The molecule has 0 unspecified atom stereocenters. The van der Waals surface area contributed by atoms with E-state index in [2.05, 4.69) is 34.3 Å². The van der Waals surface area contributed by atoms with Crippen molar-refractivity contribution in [3.8, 4) is 0 Å². The number of para-hydroxylation sites is 1. The highest BCUT2D eigenvalue weighted by Gasteiger charge is 2.23. The molecule has 26 heavy (non-hydrogen) atoms. The molecule has 1 aliphatic heterocycles. The van der Waals surface area contributed by atoms with E-state index in [1.807, 2.05) is 44.8 Å². The summed E-state index contributed by atoms with van der Waals surface area (Å²) >= 11 is 7.41. The van der Waals surface area contributed by atoms with Crippen molar-refractivity contribution in [1.29, 1.82) is 0 Å². The number of nitrogens with zero attached hydrogens (tertiary/aromatic N) is 5. The molecular formula is C19H19N5S2. The van der Waals surface area contributed by atoms with Crippen LogP contribution in [0.25, 0.3) is 15.9 Å². The molecule has 0 atom stereocenters. The van der Waals surface area contributed by atoms with E-state index in [1.165, 1.54) is 9.71 Å². The maximum Gasteiger partial charge on any atom is 0.203 e. The van der Waals surface area contributed by atoms with Crippen LogP contribution in [0.1, 0.15) is 23.8 Å². The van der Waals surface area contributed by atoms with Gasteiger partial charge in [0.25, 0.3) is 0 Å². The minimum atomic E-state index is 0.567. The van der Waals surface area contributed by atoms with E-state index >= 15 is 0 Å². The number of piperidine rings is 1. The lowest BCUT2D eigenvalue weighted by atomic mass is 9.98. The van der Waals surface area contributed by atoms with Crippen molar-refractivity contribution in [2.45, 2.75) is 25.4 Å². The monoisotopic (exact) mass is 381 g/mol. The molecule has 4 heterocycles. The van der Waals surface area contributed by atoms with Crippen molar-refractivity contribution in [1.82, 2.24) is 24.1 Å². The first-order valence-electron chi connectivity index (χ1n) is 8.90. The van der Waals surface area contributed by atoms with Crippen LogP contribution < -0.4 is 0 Å². The molecule has 7 heteroatoms. The maximum atomic E-state index is 5.56. The second kappa shape index (κ2) is 6.57. The average Bonchev–Trinajstić information content (AvgIpc) is 3.24. The Balaban J connectivity index is 1.29. The molecule has 0 N–H and O–H groups in total. The fraction of sp³-hybridized carbons (Fsp3) is 0.316. The molecule has 3 aromatic heterocycles. The number of likely N-dealkylation sites (tertiary alicyclic amines) is 1. The largest absolute Gasteiger partial charge is 0.284 e. The van der Waals surface area contributed by atoms with Crippen LogP contribution in [0.15, 0.2) is 48.7 Å². The summed E-state index contributed by atoms with van der Waals surface area (Å²) in [4.78, 5) is 7.29. The number of rotatable bonds is 3. The number of fused-ring (bicyclic) bond motifs is 2. The Bertz CT molecular complexity index is 1080.